The lowest BCUT2D eigenvalue weighted by Crippen LogP contribution is -2.54. The van der Waals surface area contributed by atoms with E-state index in [1.165, 1.54) is 0 Å². The van der Waals surface area contributed by atoms with E-state index in [1.54, 1.807) is 0 Å². The summed E-state index contributed by atoms with van der Waals surface area (Å²) in [6.07, 6.45) is 6.45. The molecule has 4 heteroatoms. The van der Waals surface area contributed by atoms with Crippen LogP contribution in [0.15, 0.2) is 77.3 Å². The number of benzene rings is 2. The Morgan fingerprint density at radius 3 is 2.17 bits per heavy atom. The van der Waals surface area contributed by atoms with E-state index in [4.69, 9.17) is 0 Å². The van der Waals surface area contributed by atoms with E-state index in [0.717, 1.165) is 27.6 Å². The summed E-state index contributed by atoms with van der Waals surface area (Å²) in [4.78, 5) is 28.4. The highest BCUT2D eigenvalue weighted by Gasteiger charge is 2.89. The first-order valence-corrected chi connectivity index (χ1v) is 11.6. The lowest BCUT2D eigenvalue weighted by molar-refractivity contribution is -0.133. The smallest absolute Gasteiger partial charge is 0.172 e. The maximum Gasteiger partial charge on any atom is 0.172 e. The Balaban J connectivity index is 1.72. The highest BCUT2D eigenvalue weighted by Crippen LogP contribution is 2.83. The van der Waals surface area contributed by atoms with Gasteiger partial charge in [0.25, 0.3) is 0 Å². The lowest BCUT2D eigenvalue weighted by Gasteiger charge is -2.47. The second-order valence-electron chi connectivity index (χ2n) is 8.62. The van der Waals surface area contributed by atoms with Crippen LogP contribution >= 0.6 is 31.9 Å². The molecule has 4 aliphatic rings. The Bertz CT molecular complexity index is 1150. The Kier molecular flexibility index (Phi) is 3.40. The number of hydrogen-bond donors (Lipinski definition) is 0. The van der Waals surface area contributed by atoms with Gasteiger partial charge in [0.2, 0.25) is 0 Å². The second-order valence-corrected chi connectivity index (χ2v) is 10.7. The van der Waals surface area contributed by atoms with Crippen molar-refractivity contribution in [2.24, 2.45) is 10.8 Å². The van der Waals surface area contributed by atoms with E-state index in [2.05, 4.69) is 44.0 Å². The molecule has 6 rings (SSSR count). The predicted molar refractivity (Wildman–Crippen MR) is 120 cm³/mol. The minimum absolute atomic E-state index is 0.106. The number of carbonyl (C=O) groups is 2. The van der Waals surface area contributed by atoms with E-state index in [0.29, 0.717) is 12.8 Å². The molecule has 144 valence electrons. The van der Waals surface area contributed by atoms with Crippen molar-refractivity contribution in [2.75, 3.05) is 0 Å². The number of allylic oxidation sites excluding steroid dienone is 4. The zero-order valence-electron chi connectivity index (χ0n) is 15.6. The van der Waals surface area contributed by atoms with Gasteiger partial charge in [-0.3, -0.25) is 9.59 Å². The van der Waals surface area contributed by atoms with Gasteiger partial charge in [-0.2, -0.15) is 0 Å². The third kappa shape index (κ3) is 1.63. The Labute approximate surface area is 186 Å². The van der Waals surface area contributed by atoms with Crippen molar-refractivity contribution in [1.82, 2.24) is 0 Å². The molecule has 4 aliphatic carbocycles. The summed E-state index contributed by atoms with van der Waals surface area (Å²) in [5, 5.41) is 0. The van der Waals surface area contributed by atoms with Crippen molar-refractivity contribution < 1.29 is 9.59 Å². The van der Waals surface area contributed by atoms with Crippen LogP contribution in [0.3, 0.4) is 0 Å². The van der Waals surface area contributed by atoms with Gasteiger partial charge in [-0.25, -0.2) is 0 Å². The highest BCUT2D eigenvalue weighted by atomic mass is 79.9. The fourth-order valence-corrected chi connectivity index (χ4v) is 9.29. The molecular formula is C25H18Br2O2. The summed E-state index contributed by atoms with van der Waals surface area (Å²) in [5.74, 6) is 0.267. The molecule has 2 aromatic rings. The maximum absolute atomic E-state index is 14.2. The number of fused-ring (bicyclic) bond motifs is 2. The topological polar surface area (TPSA) is 34.1 Å². The van der Waals surface area contributed by atoms with Crippen LogP contribution in [-0.4, -0.2) is 15.9 Å². The summed E-state index contributed by atoms with van der Waals surface area (Å²) >= 11 is 7.85. The molecule has 2 aromatic carbocycles. The number of alkyl halides is 1. The number of hydrogen-bond acceptors (Lipinski definition) is 2. The summed E-state index contributed by atoms with van der Waals surface area (Å²) in [5.41, 5.74) is 0.148. The lowest BCUT2D eigenvalue weighted by atomic mass is 9.59. The zero-order chi connectivity index (χ0) is 20.1. The molecule has 0 amide bonds. The minimum Gasteiger partial charge on any atom is -0.297 e. The Morgan fingerprint density at radius 1 is 0.828 bits per heavy atom. The molecule has 2 nitrogen and oxygen atoms in total. The largest absolute Gasteiger partial charge is 0.297 e. The van der Waals surface area contributed by atoms with Gasteiger partial charge in [0, 0.05) is 10.1 Å². The van der Waals surface area contributed by atoms with Gasteiger partial charge in [0.1, 0.15) is 0 Å². The molecule has 0 N–H and O–H groups in total. The van der Waals surface area contributed by atoms with Gasteiger partial charge in [-0.05, 0) is 24.0 Å². The summed E-state index contributed by atoms with van der Waals surface area (Å²) in [6, 6.07) is 19.8. The van der Waals surface area contributed by atoms with Crippen LogP contribution in [0, 0.1) is 10.8 Å². The van der Waals surface area contributed by atoms with Crippen LogP contribution in [0.4, 0.5) is 0 Å². The first-order valence-electron chi connectivity index (χ1n) is 9.97. The van der Waals surface area contributed by atoms with E-state index >= 15 is 0 Å². The van der Waals surface area contributed by atoms with Gasteiger partial charge in [0.15, 0.2) is 11.6 Å². The number of ketones is 2. The molecule has 2 bridgehead atoms. The number of rotatable bonds is 2. The first kappa shape index (κ1) is 18.0. The van der Waals surface area contributed by atoms with E-state index < -0.39 is 20.6 Å². The normalized spacial score (nSPS) is 39.4. The molecule has 0 radical (unpaired) electrons. The van der Waals surface area contributed by atoms with Crippen molar-refractivity contribution in [3.8, 4) is 0 Å². The molecular weight excluding hydrogens is 492 g/mol. The van der Waals surface area contributed by atoms with Crippen LogP contribution in [0.2, 0.25) is 0 Å². The van der Waals surface area contributed by atoms with Crippen molar-refractivity contribution in [2.45, 2.75) is 29.0 Å². The van der Waals surface area contributed by atoms with Gasteiger partial charge in [0.05, 0.1) is 20.6 Å². The van der Waals surface area contributed by atoms with Crippen LogP contribution in [0.5, 0.6) is 0 Å². The van der Waals surface area contributed by atoms with Crippen molar-refractivity contribution in [3.05, 3.63) is 88.4 Å². The molecule has 2 spiro atoms. The average molecular weight is 510 g/mol. The van der Waals surface area contributed by atoms with Gasteiger partial charge >= 0.3 is 0 Å². The standard InChI is InChI=1S/C25H18Br2O2/c26-19-15-23(17-10-5-2-6-11-17)21(29)22(19)12-7-13-24(22)20(28)18(14-25(23,24)27)16-8-3-1-4-9-16/h1-6,8-11,14-15H,7,12-13H2/t22-,23-,24-,25-/m1/s1. The molecule has 4 atom stereocenters. The molecule has 0 aliphatic heterocycles. The van der Waals surface area contributed by atoms with Gasteiger partial charge in [-0.15, -0.1) is 0 Å². The summed E-state index contributed by atoms with van der Waals surface area (Å²) in [6.45, 7) is 0. The summed E-state index contributed by atoms with van der Waals surface area (Å²) < 4.78 is 0.129. The number of halogens is 2. The molecule has 2 fully saturated rings. The molecule has 2 saturated carbocycles. The second kappa shape index (κ2) is 5.47. The van der Waals surface area contributed by atoms with Crippen LogP contribution in [0.1, 0.15) is 30.4 Å². The van der Waals surface area contributed by atoms with Crippen molar-refractivity contribution >= 4 is 49.0 Å². The van der Waals surface area contributed by atoms with Crippen LogP contribution in [-0.2, 0) is 15.0 Å². The predicted octanol–water partition coefficient (Wildman–Crippen LogP) is 5.76. The quantitative estimate of drug-likeness (QED) is 0.482. The van der Waals surface area contributed by atoms with E-state index in [1.807, 2.05) is 60.7 Å². The van der Waals surface area contributed by atoms with E-state index in [9.17, 15) is 9.59 Å². The summed E-state index contributed by atoms with van der Waals surface area (Å²) in [7, 11) is 0. The fraction of sp³-hybridized carbons (Fsp3) is 0.280. The minimum atomic E-state index is -0.889. The van der Waals surface area contributed by atoms with Crippen LogP contribution in [0.25, 0.3) is 5.57 Å². The first-order chi connectivity index (χ1) is 14.0. The van der Waals surface area contributed by atoms with Crippen molar-refractivity contribution in [1.29, 1.82) is 0 Å². The molecule has 0 heterocycles. The zero-order valence-corrected chi connectivity index (χ0v) is 18.8. The molecule has 0 aromatic heterocycles. The maximum atomic E-state index is 14.2. The molecule has 29 heavy (non-hydrogen) atoms. The van der Waals surface area contributed by atoms with Gasteiger partial charge < -0.3 is 0 Å². The number of Topliss-reactive ketones (excluding diaryl/α,β-unsaturated/α-hetero) is 2. The average Bonchev–Trinajstić information content (AvgIpc) is 3.38. The van der Waals surface area contributed by atoms with E-state index in [-0.39, 0.29) is 11.6 Å². The Hall–Kier alpha value is -1.78. The van der Waals surface area contributed by atoms with Crippen molar-refractivity contribution in [3.63, 3.8) is 0 Å². The molecule has 0 saturated heterocycles. The van der Waals surface area contributed by atoms with Gasteiger partial charge in [-0.1, -0.05) is 111 Å². The SMILES string of the molecule is O=C1C(c2ccccc2)=C[C@]2(Br)[C@]13CCC[C@@]31C(=O)[C@]2(c2ccccc2)C=C1Br. The molecule has 0 unspecified atom stereocenters. The number of carbonyl (C=O) groups excluding carboxylic acids is 2. The highest BCUT2D eigenvalue weighted by molar-refractivity contribution is 9.12. The fourth-order valence-electron chi connectivity index (χ4n) is 6.76. The monoisotopic (exact) mass is 508 g/mol. The van der Waals surface area contributed by atoms with Crippen LogP contribution < -0.4 is 0 Å². The third-order valence-corrected chi connectivity index (χ3v) is 10.3. The third-order valence-electron chi connectivity index (χ3n) is 7.81. The Morgan fingerprint density at radius 2 is 1.48 bits per heavy atom.